The summed E-state index contributed by atoms with van der Waals surface area (Å²) >= 11 is 0. The predicted octanol–water partition coefficient (Wildman–Crippen LogP) is 1.98. The Bertz CT molecular complexity index is 637. The maximum Gasteiger partial charge on any atom is 0.225 e. The summed E-state index contributed by atoms with van der Waals surface area (Å²) in [5.41, 5.74) is 0. The summed E-state index contributed by atoms with van der Waals surface area (Å²) in [6, 6.07) is 0.294. The van der Waals surface area contributed by atoms with Gasteiger partial charge in [0.05, 0.1) is 31.8 Å². The van der Waals surface area contributed by atoms with Gasteiger partial charge in [-0.1, -0.05) is 19.8 Å². The van der Waals surface area contributed by atoms with E-state index in [0.717, 1.165) is 32.2 Å². The van der Waals surface area contributed by atoms with E-state index in [9.17, 15) is 9.59 Å². The molecular formula is C23H36N2O4. The van der Waals surface area contributed by atoms with Crippen LogP contribution in [0.15, 0.2) is 0 Å². The zero-order chi connectivity index (χ0) is 20.1. The standard InChI is InChI=1S/C23H36N2O4/c1-12-3-5-13(6-4-12)17-11-29-21-15(17)7-14(8-16(21)23(27)24-2)22(26)25-20-18-9-28-10-19(18)20/h12-21H,3-11H2,1-2H3,(H,24,27)(H,25,26)/t12?,13?,14?,15?,16?,17?,18-,19+,20+,21?. The van der Waals surface area contributed by atoms with Gasteiger partial charge >= 0.3 is 0 Å². The van der Waals surface area contributed by atoms with Crippen molar-refractivity contribution >= 4 is 11.8 Å². The van der Waals surface area contributed by atoms with Crippen molar-refractivity contribution in [3.8, 4) is 0 Å². The van der Waals surface area contributed by atoms with Crippen molar-refractivity contribution in [2.75, 3.05) is 26.9 Å². The minimum absolute atomic E-state index is 0.0166. The minimum Gasteiger partial charge on any atom is -0.381 e. The number of carbonyl (C=O) groups is 2. The van der Waals surface area contributed by atoms with Gasteiger partial charge in [-0.2, -0.15) is 0 Å². The summed E-state index contributed by atoms with van der Waals surface area (Å²) in [5.74, 6) is 3.28. The normalized spacial score (nSPS) is 48.5. The van der Waals surface area contributed by atoms with Gasteiger partial charge in [-0.25, -0.2) is 0 Å². The Balaban J connectivity index is 1.29. The Morgan fingerprint density at radius 1 is 0.862 bits per heavy atom. The number of ether oxygens (including phenoxy) is 2. The average Bonchev–Trinajstić information content (AvgIpc) is 3.09. The van der Waals surface area contributed by atoms with Crippen molar-refractivity contribution in [2.24, 2.45) is 47.3 Å². The van der Waals surface area contributed by atoms with E-state index in [2.05, 4.69) is 17.6 Å². The summed E-state index contributed by atoms with van der Waals surface area (Å²) in [5, 5.41) is 6.12. The van der Waals surface area contributed by atoms with Crippen molar-refractivity contribution in [3.63, 3.8) is 0 Å². The third-order valence-electron chi connectivity index (χ3n) is 8.83. The second-order valence-electron chi connectivity index (χ2n) is 10.4. The lowest BCUT2D eigenvalue weighted by atomic mass is 9.64. The van der Waals surface area contributed by atoms with Crippen LogP contribution in [0.1, 0.15) is 45.4 Å². The Morgan fingerprint density at radius 3 is 2.28 bits per heavy atom. The molecule has 8 atom stereocenters. The molecule has 0 aromatic heterocycles. The number of amides is 2. The highest BCUT2D eigenvalue weighted by Crippen LogP contribution is 2.50. The van der Waals surface area contributed by atoms with E-state index in [-0.39, 0.29) is 29.8 Å². The van der Waals surface area contributed by atoms with Crippen LogP contribution < -0.4 is 10.6 Å². The summed E-state index contributed by atoms with van der Waals surface area (Å²) in [6.45, 7) is 4.68. The monoisotopic (exact) mass is 404 g/mol. The number of hydrogen-bond acceptors (Lipinski definition) is 4. The lowest BCUT2D eigenvalue weighted by Crippen LogP contribution is -2.49. The van der Waals surface area contributed by atoms with Gasteiger partial charge in [0.25, 0.3) is 0 Å². The second-order valence-corrected chi connectivity index (χ2v) is 10.4. The molecule has 2 heterocycles. The zero-order valence-corrected chi connectivity index (χ0v) is 17.8. The Hall–Kier alpha value is -1.14. The molecule has 5 fully saturated rings. The molecule has 2 amide bonds. The first-order chi connectivity index (χ1) is 14.1. The van der Waals surface area contributed by atoms with Crippen molar-refractivity contribution in [1.82, 2.24) is 10.6 Å². The van der Waals surface area contributed by atoms with Crippen molar-refractivity contribution < 1.29 is 19.1 Å². The lowest BCUT2D eigenvalue weighted by Gasteiger charge is -2.40. The molecule has 5 unspecified atom stereocenters. The number of hydrogen-bond donors (Lipinski definition) is 2. The maximum atomic E-state index is 13.1. The van der Waals surface area contributed by atoms with E-state index in [1.807, 2.05) is 0 Å². The summed E-state index contributed by atoms with van der Waals surface area (Å²) in [7, 11) is 1.70. The van der Waals surface area contributed by atoms with E-state index in [1.165, 1.54) is 25.7 Å². The van der Waals surface area contributed by atoms with E-state index in [0.29, 0.717) is 42.1 Å². The topological polar surface area (TPSA) is 76.7 Å². The van der Waals surface area contributed by atoms with Crippen LogP contribution in [0, 0.1) is 47.3 Å². The molecule has 0 bridgehead atoms. The second kappa shape index (κ2) is 7.84. The van der Waals surface area contributed by atoms with Crippen LogP contribution in [-0.4, -0.2) is 50.8 Å². The molecular weight excluding hydrogens is 368 g/mol. The molecule has 0 aromatic carbocycles. The Labute approximate surface area is 173 Å². The first-order valence-corrected chi connectivity index (χ1v) is 11.8. The molecule has 0 spiro atoms. The molecule has 3 saturated carbocycles. The first-order valence-electron chi connectivity index (χ1n) is 11.8. The van der Waals surface area contributed by atoms with Crippen LogP contribution in [0.3, 0.4) is 0 Å². The highest BCUT2D eigenvalue weighted by Gasteiger charge is 2.56. The van der Waals surface area contributed by atoms with Gasteiger partial charge in [-0.3, -0.25) is 9.59 Å². The molecule has 0 radical (unpaired) electrons. The number of rotatable bonds is 4. The molecule has 2 aliphatic heterocycles. The molecule has 6 nitrogen and oxygen atoms in total. The molecule has 0 aromatic rings. The Kier molecular flexibility index (Phi) is 5.35. The maximum absolute atomic E-state index is 13.1. The van der Waals surface area contributed by atoms with Gasteiger partial charge in [0.15, 0.2) is 0 Å². The zero-order valence-electron chi connectivity index (χ0n) is 17.8. The lowest BCUT2D eigenvalue weighted by molar-refractivity contribution is -0.137. The third-order valence-corrected chi connectivity index (χ3v) is 8.83. The highest BCUT2D eigenvalue weighted by molar-refractivity contribution is 5.83. The average molecular weight is 405 g/mol. The SMILES string of the molecule is CNC(=O)C1CC(C(=O)N[C@H]2[C@@H]3COC[C@@H]32)CC2C(C3CCC(C)CC3)COC12. The smallest absolute Gasteiger partial charge is 0.225 e. The van der Waals surface area contributed by atoms with Crippen LogP contribution in [0.2, 0.25) is 0 Å². The van der Waals surface area contributed by atoms with Gasteiger partial charge in [0, 0.05) is 30.8 Å². The highest BCUT2D eigenvalue weighted by atomic mass is 16.5. The van der Waals surface area contributed by atoms with Crippen LogP contribution in [0.4, 0.5) is 0 Å². The number of fused-ring (bicyclic) bond motifs is 2. The van der Waals surface area contributed by atoms with Gasteiger partial charge in [-0.05, 0) is 49.4 Å². The van der Waals surface area contributed by atoms with E-state index < -0.39 is 0 Å². The van der Waals surface area contributed by atoms with E-state index >= 15 is 0 Å². The summed E-state index contributed by atoms with van der Waals surface area (Å²) in [6.07, 6.45) is 6.61. The van der Waals surface area contributed by atoms with E-state index in [1.54, 1.807) is 7.05 Å². The molecule has 29 heavy (non-hydrogen) atoms. The molecule has 3 aliphatic carbocycles. The van der Waals surface area contributed by atoms with Gasteiger partial charge in [-0.15, -0.1) is 0 Å². The van der Waals surface area contributed by atoms with Gasteiger partial charge < -0.3 is 20.1 Å². The molecule has 5 aliphatic rings. The first kappa shape index (κ1) is 19.8. The quantitative estimate of drug-likeness (QED) is 0.751. The van der Waals surface area contributed by atoms with Crippen LogP contribution in [0.5, 0.6) is 0 Å². The summed E-state index contributed by atoms with van der Waals surface area (Å²) in [4.78, 5) is 25.8. The van der Waals surface area contributed by atoms with E-state index in [4.69, 9.17) is 9.47 Å². The van der Waals surface area contributed by atoms with Crippen molar-refractivity contribution in [2.45, 2.75) is 57.6 Å². The predicted molar refractivity (Wildman–Crippen MR) is 108 cm³/mol. The van der Waals surface area contributed by atoms with Gasteiger partial charge in [0.2, 0.25) is 11.8 Å². The van der Waals surface area contributed by atoms with Crippen molar-refractivity contribution in [1.29, 1.82) is 0 Å². The van der Waals surface area contributed by atoms with Crippen LogP contribution in [0.25, 0.3) is 0 Å². The molecule has 2 N–H and O–H groups in total. The summed E-state index contributed by atoms with van der Waals surface area (Å²) < 4.78 is 11.7. The minimum atomic E-state index is -0.205. The molecule has 2 saturated heterocycles. The fourth-order valence-corrected chi connectivity index (χ4v) is 6.89. The Morgan fingerprint density at radius 2 is 1.59 bits per heavy atom. The van der Waals surface area contributed by atoms with Crippen molar-refractivity contribution in [3.05, 3.63) is 0 Å². The number of carbonyl (C=O) groups excluding carboxylic acids is 2. The number of nitrogens with one attached hydrogen (secondary N) is 2. The molecule has 162 valence electrons. The molecule has 5 rings (SSSR count). The van der Waals surface area contributed by atoms with Crippen LogP contribution in [-0.2, 0) is 19.1 Å². The molecule has 6 heteroatoms. The van der Waals surface area contributed by atoms with Gasteiger partial charge in [0.1, 0.15) is 0 Å². The van der Waals surface area contributed by atoms with Crippen LogP contribution >= 0.6 is 0 Å². The largest absolute Gasteiger partial charge is 0.381 e. The fraction of sp³-hybridized carbons (Fsp3) is 0.913. The third kappa shape index (κ3) is 3.60. The fourth-order valence-electron chi connectivity index (χ4n) is 6.89.